The van der Waals surface area contributed by atoms with Crippen molar-refractivity contribution in [2.45, 2.75) is 19.5 Å². The molecule has 6 heteroatoms. The Kier molecular flexibility index (Phi) is 2.83. The molecule has 0 aliphatic carbocycles. The molecule has 1 aliphatic heterocycles. The van der Waals surface area contributed by atoms with E-state index in [1.807, 2.05) is 13.1 Å². The van der Waals surface area contributed by atoms with E-state index < -0.39 is 6.03 Å². The Bertz CT molecular complexity index is 510. The molecule has 1 aromatic rings. The third-order valence-electron chi connectivity index (χ3n) is 2.62. The Labute approximate surface area is 99.1 Å². The van der Waals surface area contributed by atoms with Crippen LogP contribution in [0.4, 0.5) is 4.79 Å². The number of nitrogens with two attached hydrogens (primary N) is 1. The largest absolute Gasteiger partial charge is 0.385 e. The van der Waals surface area contributed by atoms with Gasteiger partial charge < -0.3 is 5.73 Å². The summed E-state index contributed by atoms with van der Waals surface area (Å²) in [7, 11) is 0. The van der Waals surface area contributed by atoms with Crippen molar-refractivity contribution in [3.05, 3.63) is 18.0 Å². The summed E-state index contributed by atoms with van der Waals surface area (Å²) in [4.78, 5) is 16.8. The molecule has 17 heavy (non-hydrogen) atoms. The van der Waals surface area contributed by atoms with E-state index in [9.17, 15) is 4.79 Å². The van der Waals surface area contributed by atoms with Gasteiger partial charge in [0.1, 0.15) is 11.9 Å². The number of carbonyl (C=O) groups is 1. The first-order valence-electron chi connectivity index (χ1n) is 5.27. The van der Waals surface area contributed by atoms with Crippen molar-refractivity contribution in [2.75, 3.05) is 6.54 Å². The van der Waals surface area contributed by atoms with Crippen LogP contribution in [-0.2, 0) is 6.54 Å². The summed E-state index contributed by atoms with van der Waals surface area (Å²) >= 11 is 0. The molecular weight excluding hydrogens is 218 g/mol. The SMILES string of the molecule is C#CCN1C(=O)N=C(N)C1c1cnn(CC)c1. The maximum absolute atomic E-state index is 11.6. The average Bonchev–Trinajstić information content (AvgIpc) is 2.85. The molecule has 6 nitrogen and oxygen atoms in total. The number of carbonyl (C=O) groups excluding carboxylic acids is 1. The molecule has 0 fully saturated rings. The van der Waals surface area contributed by atoms with E-state index in [-0.39, 0.29) is 18.4 Å². The second kappa shape index (κ2) is 4.29. The van der Waals surface area contributed by atoms with Crippen molar-refractivity contribution in [1.82, 2.24) is 14.7 Å². The Balaban J connectivity index is 2.32. The molecule has 1 unspecified atom stereocenters. The van der Waals surface area contributed by atoms with Gasteiger partial charge in [0.25, 0.3) is 0 Å². The smallest absolute Gasteiger partial charge is 0.346 e. The number of hydrogen-bond acceptors (Lipinski definition) is 3. The number of amides is 2. The summed E-state index contributed by atoms with van der Waals surface area (Å²) in [5, 5.41) is 4.15. The summed E-state index contributed by atoms with van der Waals surface area (Å²) in [6.07, 6.45) is 8.75. The second-order valence-electron chi connectivity index (χ2n) is 3.68. The zero-order chi connectivity index (χ0) is 12.4. The van der Waals surface area contributed by atoms with Gasteiger partial charge in [0.2, 0.25) is 0 Å². The Hall–Kier alpha value is -2.29. The van der Waals surface area contributed by atoms with Crippen LogP contribution in [0.25, 0.3) is 0 Å². The molecule has 1 aromatic heterocycles. The molecule has 0 spiro atoms. The molecule has 2 amide bonds. The minimum Gasteiger partial charge on any atom is -0.385 e. The maximum Gasteiger partial charge on any atom is 0.346 e. The Morgan fingerprint density at radius 3 is 3.00 bits per heavy atom. The van der Waals surface area contributed by atoms with Crippen LogP contribution in [0.15, 0.2) is 17.4 Å². The van der Waals surface area contributed by atoms with E-state index in [4.69, 9.17) is 12.2 Å². The van der Waals surface area contributed by atoms with Gasteiger partial charge in [-0.05, 0) is 6.92 Å². The molecule has 0 saturated carbocycles. The number of aromatic nitrogens is 2. The number of hydrogen-bond donors (Lipinski definition) is 1. The van der Waals surface area contributed by atoms with E-state index in [1.54, 1.807) is 10.9 Å². The van der Waals surface area contributed by atoms with Crippen LogP contribution in [0, 0.1) is 12.3 Å². The van der Waals surface area contributed by atoms with Crippen LogP contribution in [0.5, 0.6) is 0 Å². The minimum absolute atomic E-state index is 0.186. The van der Waals surface area contributed by atoms with E-state index in [0.29, 0.717) is 0 Å². The van der Waals surface area contributed by atoms with Gasteiger partial charge in [0, 0.05) is 18.3 Å². The summed E-state index contributed by atoms with van der Waals surface area (Å²) in [6.45, 7) is 2.92. The van der Waals surface area contributed by atoms with Gasteiger partial charge in [-0.1, -0.05) is 5.92 Å². The molecule has 2 rings (SSSR count). The van der Waals surface area contributed by atoms with Gasteiger partial charge >= 0.3 is 6.03 Å². The second-order valence-corrected chi connectivity index (χ2v) is 3.68. The predicted molar refractivity (Wildman–Crippen MR) is 63.2 cm³/mol. The third kappa shape index (κ3) is 1.87. The van der Waals surface area contributed by atoms with Crippen LogP contribution < -0.4 is 5.73 Å². The summed E-state index contributed by atoms with van der Waals surface area (Å²) < 4.78 is 1.76. The first-order valence-corrected chi connectivity index (χ1v) is 5.27. The van der Waals surface area contributed by atoms with E-state index >= 15 is 0 Å². The minimum atomic E-state index is -0.394. The molecule has 2 heterocycles. The van der Waals surface area contributed by atoms with Crippen LogP contribution in [0.1, 0.15) is 18.5 Å². The molecule has 1 aliphatic rings. The summed E-state index contributed by atoms with van der Waals surface area (Å²) in [5.74, 6) is 2.69. The molecule has 1 atom stereocenters. The molecule has 0 bridgehead atoms. The quantitative estimate of drug-likeness (QED) is 0.763. The number of urea groups is 1. The fraction of sp³-hybridized carbons (Fsp3) is 0.364. The topological polar surface area (TPSA) is 76.5 Å². The van der Waals surface area contributed by atoms with Crippen LogP contribution >= 0.6 is 0 Å². The summed E-state index contributed by atoms with van der Waals surface area (Å²) in [6, 6.07) is -0.784. The van der Waals surface area contributed by atoms with Crippen molar-refractivity contribution in [3.63, 3.8) is 0 Å². The zero-order valence-electron chi connectivity index (χ0n) is 9.50. The van der Waals surface area contributed by atoms with E-state index in [2.05, 4.69) is 16.0 Å². The highest BCUT2D eigenvalue weighted by molar-refractivity contribution is 6.03. The zero-order valence-corrected chi connectivity index (χ0v) is 9.50. The van der Waals surface area contributed by atoms with Crippen molar-refractivity contribution < 1.29 is 4.79 Å². The van der Waals surface area contributed by atoms with Crippen molar-refractivity contribution >= 4 is 11.9 Å². The van der Waals surface area contributed by atoms with Crippen LogP contribution in [0.2, 0.25) is 0 Å². The van der Waals surface area contributed by atoms with Gasteiger partial charge in [0.15, 0.2) is 0 Å². The average molecular weight is 231 g/mol. The molecule has 0 radical (unpaired) electrons. The number of terminal acetylenes is 1. The van der Waals surface area contributed by atoms with Crippen molar-refractivity contribution in [1.29, 1.82) is 0 Å². The monoisotopic (exact) mass is 231 g/mol. The van der Waals surface area contributed by atoms with Crippen molar-refractivity contribution in [3.8, 4) is 12.3 Å². The lowest BCUT2D eigenvalue weighted by atomic mass is 10.1. The number of amidine groups is 1. The standard InChI is InChI=1S/C11H13N5O/c1-3-5-16-9(10(12)14-11(16)17)8-6-13-15(4-2)7-8/h1,6-7,9H,4-5H2,2H3,(H2,12,14,17). The van der Waals surface area contributed by atoms with Crippen molar-refractivity contribution in [2.24, 2.45) is 10.7 Å². The Morgan fingerprint density at radius 1 is 1.65 bits per heavy atom. The first-order chi connectivity index (χ1) is 8.17. The van der Waals surface area contributed by atoms with Gasteiger partial charge in [-0.25, -0.2) is 4.79 Å². The number of aryl methyl sites for hydroxylation is 1. The fourth-order valence-electron chi connectivity index (χ4n) is 1.81. The summed E-state index contributed by atoms with van der Waals surface area (Å²) in [5.41, 5.74) is 6.58. The first kappa shape index (κ1) is 11.2. The van der Waals surface area contributed by atoms with Gasteiger partial charge in [0.05, 0.1) is 12.7 Å². The molecule has 2 N–H and O–H groups in total. The number of aliphatic imine (C=N–C) groups is 1. The number of nitrogens with zero attached hydrogens (tertiary/aromatic N) is 4. The highest BCUT2D eigenvalue weighted by Crippen LogP contribution is 2.25. The molecule has 0 saturated heterocycles. The normalized spacial score (nSPS) is 19.3. The Morgan fingerprint density at radius 2 is 2.41 bits per heavy atom. The lowest BCUT2D eigenvalue weighted by Gasteiger charge is -2.20. The lowest BCUT2D eigenvalue weighted by Crippen LogP contribution is -2.33. The van der Waals surface area contributed by atoms with E-state index in [0.717, 1.165) is 12.1 Å². The van der Waals surface area contributed by atoms with Crippen LogP contribution in [0.3, 0.4) is 0 Å². The fourth-order valence-corrected chi connectivity index (χ4v) is 1.81. The predicted octanol–water partition coefficient (Wildman–Crippen LogP) is 0.370. The molecular formula is C11H13N5O. The van der Waals surface area contributed by atoms with Gasteiger partial charge in [-0.2, -0.15) is 10.1 Å². The molecule has 88 valence electrons. The third-order valence-corrected chi connectivity index (χ3v) is 2.62. The number of rotatable bonds is 3. The lowest BCUT2D eigenvalue weighted by molar-refractivity contribution is 0.213. The maximum atomic E-state index is 11.6. The highest BCUT2D eigenvalue weighted by Gasteiger charge is 2.34. The van der Waals surface area contributed by atoms with Gasteiger partial charge in [-0.15, -0.1) is 6.42 Å². The van der Waals surface area contributed by atoms with E-state index in [1.165, 1.54) is 4.90 Å². The molecule has 0 aromatic carbocycles. The van der Waals surface area contributed by atoms with Crippen LogP contribution in [-0.4, -0.2) is 33.1 Å². The highest BCUT2D eigenvalue weighted by atomic mass is 16.2. The van der Waals surface area contributed by atoms with Gasteiger partial charge in [-0.3, -0.25) is 9.58 Å².